The van der Waals surface area contributed by atoms with Crippen molar-refractivity contribution in [2.75, 3.05) is 19.6 Å². The van der Waals surface area contributed by atoms with Crippen LogP contribution in [0.25, 0.3) is 0 Å². The van der Waals surface area contributed by atoms with E-state index in [1.54, 1.807) is 0 Å². The fourth-order valence-corrected chi connectivity index (χ4v) is 3.60. The van der Waals surface area contributed by atoms with E-state index in [9.17, 15) is 4.79 Å². The standard InChI is InChI=1S/C15H28N2O/c1-4-7-15(8-9-16-11-15)14(18)17-10-12(2)5-6-13(17)3/h12-13,16H,4-11H2,1-3H3. The van der Waals surface area contributed by atoms with Crippen molar-refractivity contribution < 1.29 is 4.79 Å². The molecule has 0 aliphatic carbocycles. The van der Waals surface area contributed by atoms with Gasteiger partial charge in [-0.05, 0) is 45.1 Å². The summed E-state index contributed by atoms with van der Waals surface area (Å²) in [7, 11) is 0. The molecule has 3 atom stereocenters. The van der Waals surface area contributed by atoms with Crippen LogP contribution in [0.2, 0.25) is 0 Å². The van der Waals surface area contributed by atoms with Crippen molar-refractivity contribution in [2.24, 2.45) is 11.3 Å². The highest BCUT2D eigenvalue weighted by Crippen LogP contribution is 2.36. The van der Waals surface area contributed by atoms with Gasteiger partial charge in [-0.15, -0.1) is 0 Å². The number of rotatable bonds is 3. The Labute approximate surface area is 111 Å². The molecule has 104 valence electrons. The van der Waals surface area contributed by atoms with Crippen LogP contribution in [0.15, 0.2) is 0 Å². The summed E-state index contributed by atoms with van der Waals surface area (Å²) in [5, 5.41) is 3.40. The van der Waals surface area contributed by atoms with Gasteiger partial charge in [0, 0.05) is 19.1 Å². The molecule has 2 heterocycles. The molecule has 1 N–H and O–H groups in total. The molecule has 2 fully saturated rings. The van der Waals surface area contributed by atoms with E-state index in [4.69, 9.17) is 0 Å². The van der Waals surface area contributed by atoms with Crippen LogP contribution in [-0.2, 0) is 4.79 Å². The molecule has 2 rings (SSSR count). The molecule has 18 heavy (non-hydrogen) atoms. The van der Waals surface area contributed by atoms with Gasteiger partial charge in [-0.2, -0.15) is 0 Å². The lowest BCUT2D eigenvalue weighted by atomic mass is 9.79. The summed E-state index contributed by atoms with van der Waals surface area (Å²) in [6, 6.07) is 0.433. The number of amides is 1. The normalized spacial score (nSPS) is 36.9. The third-order valence-corrected chi connectivity index (χ3v) is 4.80. The molecular formula is C15H28N2O. The smallest absolute Gasteiger partial charge is 0.230 e. The number of piperidine rings is 1. The number of likely N-dealkylation sites (tertiary alicyclic amines) is 1. The molecule has 2 aliphatic rings. The number of hydrogen-bond donors (Lipinski definition) is 1. The average Bonchev–Trinajstić information content (AvgIpc) is 2.82. The van der Waals surface area contributed by atoms with Gasteiger partial charge in [-0.25, -0.2) is 0 Å². The summed E-state index contributed by atoms with van der Waals surface area (Å²) >= 11 is 0. The van der Waals surface area contributed by atoms with Gasteiger partial charge >= 0.3 is 0 Å². The molecule has 0 radical (unpaired) electrons. The maximum absolute atomic E-state index is 13.0. The number of carbonyl (C=O) groups excluding carboxylic acids is 1. The van der Waals surface area contributed by atoms with E-state index in [0.29, 0.717) is 17.9 Å². The topological polar surface area (TPSA) is 32.3 Å². The molecule has 2 aliphatic heterocycles. The molecule has 0 saturated carbocycles. The second-order valence-electron chi connectivity index (χ2n) is 6.45. The molecule has 3 unspecified atom stereocenters. The molecular weight excluding hydrogens is 224 g/mol. The molecule has 2 saturated heterocycles. The van der Waals surface area contributed by atoms with Gasteiger partial charge in [0.05, 0.1) is 5.41 Å². The van der Waals surface area contributed by atoms with E-state index in [0.717, 1.165) is 38.9 Å². The van der Waals surface area contributed by atoms with Crippen molar-refractivity contribution in [3.63, 3.8) is 0 Å². The molecule has 3 heteroatoms. The number of hydrogen-bond acceptors (Lipinski definition) is 2. The highest BCUT2D eigenvalue weighted by Gasteiger charge is 2.44. The van der Waals surface area contributed by atoms with Crippen LogP contribution < -0.4 is 5.32 Å². The monoisotopic (exact) mass is 252 g/mol. The van der Waals surface area contributed by atoms with Crippen LogP contribution in [0, 0.1) is 11.3 Å². The zero-order valence-corrected chi connectivity index (χ0v) is 12.2. The van der Waals surface area contributed by atoms with E-state index in [2.05, 4.69) is 31.0 Å². The Bertz CT molecular complexity index is 297. The van der Waals surface area contributed by atoms with Crippen molar-refractivity contribution in [3.8, 4) is 0 Å². The van der Waals surface area contributed by atoms with Gasteiger partial charge in [0.2, 0.25) is 5.91 Å². The van der Waals surface area contributed by atoms with Gasteiger partial charge in [0.1, 0.15) is 0 Å². The Morgan fingerprint density at radius 1 is 1.39 bits per heavy atom. The highest BCUT2D eigenvalue weighted by molar-refractivity contribution is 5.83. The zero-order chi connectivity index (χ0) is 13.2. The Hall–Kier alpha value is -0.570. The molecule has 0 aromatic rings. The predicted molar refractivity (Wildman–Crippen MR) is 74.4 cm³/mol. The largest absolute Gasteiger partial charge is 0.339 e. The van der Waals surface area contributed by atoms with Gasteiger partial charge in [-0.1, -0.05) is 20.3 Å². The van der Waals surface area contributed by atoms with Crippen LogP contribution >= 0.6 is 0 Å². The van der Waals surface area contributed by atoms with Crippen molar-refractivity contribution in [1.82, 2.24) is 10.2 Å². The minimum Gasteiger partial charge on any atom is -0.339 e. The highest BCUT2D eigenvalue weighted by atomic mass is 16.2. The van der Waals surface area contributed by atoms with Crippen molar-refractivity contribution in [3.05, 3.63) is 0 Å². The second kappa shape index (κ2) is 5.60. The number of nitrogens with one attached hydrogen (secondary N) is 1. The van der Waals surface area contributed by atoms with E-state index >= 15 is 0 Å². The van der Waals surface area contributed by atoms with Crippen LogP contribution in [-0.4, -0.2) is 36.5 Å². The Morgan fingerprint density at radius 3 is 2.78 bits per heavy atom. The van der Waals surface area contributed by atoms with Crippen LogP contribution in [0.1, 0.15) is 52.9 Å². The summed E-state index contributed by atoms with van der Waals surface area (Å²) in [4.78, 5) is 15.1. The molecule has 0 spiro atoms. The SMILES string of the molecule is CCCC1(C(=O)N2CC(C)CCC2C)CCNC1. The minimum atomic E-state index is -0.0972. The maximum atomic E-state index is 13.0. The van der Waals surface area contributed by atoms with E-state index in [1.165, 1.54) is 12.8 Å². The number of carbonyl (C=O) groups is 1. The summed E-state index contributed by atoms with van der Waals surface area (Å²) in [6.45, 7) is 9.53. The van der Waals surface area contributed by atoms with Crippen LogP contribution in [0.3, 0.4) is 0 Å². The zero-order valence-electron chi connectivity index (χ0n) is 12.2. The van der Waals surface area contributed by atoms with Gasteiger partial charge in [-0.3, -0.25) is 4.79 Å². The molecule has 1 amide bonds. The second-order valence-corrected chi connectivity index (χ2v) is 6.45. The van der Waals surface area contributed by atoms with E-state index in [-0.39, 0.29) is 5.41 Å². The summed E-state index contributed by atoms with van der Waals surface area (Å²) in [5.41, 5.74) is -0.0972. The average molecular weight is 252 g/mol. The quantitative estimate of drug-likeness (QED) is 0.836. The lowest BCUT2D eigenvalue weighted by Crippen LogP contribution is -2.52. The Kier molecular flexibility index (Phi) is 4.31. The summed E-state index contributed by atoms with van der Waals surface area (Å²) in [6.07, 6.45) is 5.60. The maximum Gasteiger partial charge on any atom is 0.230 e. The van der Waals surface area contributed by atoms with E-state index in [1.807, 2.05) is 0 Å². The molecule has 0 aromatic heterocycles. The lowest BCUT2D eigenvalue weighted by Gasteiger charge is -2.42. The fourth-order valence-electron chi connectivity index (χ4n) is 3.60. The Balaban J connectivity index is 2.12. The van der Waals surface area contributed by atoms with Crippen molar-refractivity contribution in [1.29, 1.82) is 0 Å². The first-order chi connectivity index (χ1) is 8.59. The summed E-state index contributed by atoms with van der Waals surface area (Å²) in [5.74, 6) is 1.09. The fraction of sp³-hybridized carbons (Fsp3) is 0.933. The van der Waals surface area contributed by atoms with Crippen LogP contribution in [0.5, 0.6) is 0 Å². The molecule has 3 nitrogen and oxygen atoms in total. The Morgan fingerprint density at radius 2 is 2.17 bits per heavy atom. The summed E-state index contributed by atoms with van der Waals surface area (Å²) < 4.78 is 0. The van der Waals surface area contributed by atoms with Crippen molar-refractivity contribution >= 4 is 5.91 Å². The first kappa shape index (κ1) is 13.9. The molecule has 0 aromatic carbocycles. The number of nitrogens with zero attached hydrogens (tertiary/aromatic N) is 1. The lowest BCUT2D eigenvalue weighted by molar-refractivity contribution is -0.146. The first-order valence-corrected chi connectivity index (χ1v) is 7.61. The minimum absolute atomic E-state index is 0.0972. The van der Waals surface area contributed by atoms with Gasteiger partial charge < -0.3 is 10.2 Å². The third-order valence-electron chi connectivity index (χ3n) is 4.80. The van der Waals surface area contributed by atoms with Crippen molar-refractivity contribution in [2.45, 2.75) is 58.9 Å². The predicted octanol–water partition coefficient (Wildman–Crippen LogP) is 2.41. The third kappa shape index (κ3) is 2.56. The molecule has 0 bridgehead atoms. The van der Waals surface area contributed by atoms with Gasteiger partial charge in [0.25, 0.3) is 0 Å². The van der Waals surface area contributed by atoms with E-state index < -0.39 is 0 Å². The first-order valence-electron chi connectivity index (χ1n) is 7.61. The van der Waals surface area contributed by atoms with Gasteiger partial charge in [0.15, 0.2) is 0 Å². The van der Waals surface area contributed by atoms with Crippen LogP contribution in [0.4, 0.5) is 0 Å².